The number of rotatable bonds is 2. The molecule has 29 heavy (non-hydrogen) atoms. The minimum atomic E-state index is 0.827. The van der Waals surface area contributed by atoms with Crippen LogP contribution in [0.3, 0.4) is 0 Å². The zero-order valence-corrected chi connectivity index (χ0v) is 15.9. The molecule has 2 aromatic heterocycles. The second kappa shape index (κ2) is 7.24. The summed E-state index contributed by atoms with van der Waals surface area (Å²) in [5.74, 6) is 0. The van der Waals surface area contributed by atoms with Gasteiger partial charge in [-0.05, 0) is 55.0 Å². The molecule has 0 bridgehead atoms. The van der Waals surface area contributed by atoms with Crippen LogP contribution < -0.4 is 0 Å². The Morgan fingerprint density at radius 2 is 1.28 bits per heavy atom. The van der Waals surface area contributed by atoms with Gasteiger partial charge in [-0.3, -0.25) is 9.97 Å². The molecule has 2 aromatic carbocycles. The lowest BCUT2D eigenvalue weighted by Crippen LogP contribution is -2.11. The predicted molar refractivity (Wildman–Crippen MR) is 121 cm³/mol. The molecular weight excluding hydrogens is 356 g/mol. The SMILES string of the molecule is Cc1c(/N=C2/C=CC=C/C2=N\c2ccccc2)c2cccnc2c2ncccc12. The number of aromatic nitrogens is 2. The first-order chi connectivity index (χ1) is 14.3. The first-order valence-corrected chi connectivity index (χ1v) is 9.51. The van der Waals surface area contributed by atoms with Gasteiger partial charge in [-0.1, -0.05) is 36.4 Å². The predicted octanol–water partition coefficient (Wildman–Crippen LogP) is 6.06. The van der Waals surface area contributed by atoms with Crippen molar-refractivity contribution < 1.29 is 0 Å². The Morgan fingerprint density at radius 1 is 0.655 bits per heavy atom. The van der Waals surface area contributed by atoms with Crippen LogP contribution in [0, 0.1) is 6.92 Å². The lowest BCUT2D eigenvalue weighted by molar-refractivity contribution is 1.35. The minimum absolute atomic E-state index is 0.827. The molecule has 0 atom stereocenters. The van der Waals surface area contributed by atoms with E-state index in [4.69, 9.17) is 9.98 Å². The highest BCUT2D eigenvalue weighted by molar-refractivity contribution is 6.52. The Bertz CT molecular complexity index is 1350. The molecule has 4 heteroatoms. The Morgan fingerprint density at radius 3 is 2.00 bits per heavy atom. The smallest absolute Gasteiger partial charge is 0.0986 e. The van der Waals surface area contributed by atoms with E-state index in [2.05, 4.69) is 29.0 Å². The molecule has 1 aliphatic carbocycles. The van der Waals surface area contributed by atoms with E-state index in [1.54, 1.807) is 12.4 Å². The summed E-state index contributed by atoms with van der Waals surface area (Å²) in [4.78, 5) is 19.0. The lowest BCUT2D eigenvalue weighted by Gasteiger charge is -2.12. The Labute approximate surface area is 168 Å². The van der Waals surface area contributed by atoms with Crippen LogP contribution in [0.1, 0.15) is 5.56 Å². The van der Waals surface area contributed by atoms with Gasteiger partial charge >= 0.3 is 0 Å². The monoisotopic (exact) mass is 374 g/mol. The van der Waals surface area contributed by atoms with E-state index < -0.39 is 0 Å². The lowest BCUT2D eigenvalue weighted by atomic mass is 10.0. The topological polar surface area (TPSA) is 50.5 Å². The van der Waals surface area contributed by atoms with Gasteiger partial charge in [-0.15, -0.1) is 0 Å². The summed E-state index contributed by atoms with van der Waals surface area (Å²) in [6.45, 7) is 2.09. The molecule has 0 unspecified atom stereocenters. The number of aryl methyl sites for hydroxylation is 1. The molecule has 0 N–H and O–H groups in total. The van der Waals surface area contributed by atoms with E-state index in [-0.39, 0.29) is 0 Å². The maximum Gasteiger partial charge on any atom is 0.0986 e. The summed E-state index contributed by atoms with van der Waals surface area (Å²) in [6.07, 6.45) is 11.6. The van der Waals surface area contributed by atoms with Crippen LogP contribution in [0.4, 0.5) is 11.4 Å². The van der Waals surface area contributed by atoms with Crippen molar-refractivity contribution in [1.29, 1.82) is 0 Å². The zero-order chi connectivity index (χ0) is 19.6. The molecule has 138 valence electrons. The first kappa shape index (κ1) is 17.2. The molecule has 2 heterocycles. The number of allylic oxidation sites excluding steroid dienone is 4. The Kier molecular flexibility index (Phi) is 4.30. The number of aliphatic imine (C=N–C) groups is 2. The molecule has 0 spiro atoms. The maximum absolute atomic E-state index is 5.05. The molecule has 0 saturated carbocycles. The van der Waals surface area contributed by atoms with Gasteiger partial charge in [-0.2, -0.15) is 0 Å². The van der Waals surface area contributed by atoms with Crippen LogP contribution in [0.25, 0.3) is 21.8 Å². The fraction of sp³-hybridized carbons (Fsp3) is 0.0400. The van der Waals surface area contributed by atoms with E-state index in [1.165, 1.54) is 0 Å². The van der Waals surface area contributed by atoms with Crippen LogP contribution >= 0.6 is 0 Å². The third-order valence-corrected chi connectivity index (χ3v) is 4.97. The van der Waals surface area contributed by atoms with Gasteiger partial charge in [0.1, 0.15) is 0 Å². The van der Waals surface area contributed by atoms with Crippen LogP contribution in [-0.4, -0.2) is 21.4 Å². The summed E-state index contributed by atoms with van der Waals surface area (Å²) in [6, 6.07) is 18.0. The van der Waals surface area contributed by atoms with Crippen LogP contribution in [-0.2, 0) is 0 Å². The summed E-state index contributed by atoms with van der Waals surface area (Å²) in [5.41, 5.74) is 6.33. The van der Waals surface area contributed by atoms with Crippen molar-refractivity contribution in [3.63, 3.8) is 0 Å². The highest BCUT2D eigenvalue weighted by Crippen LogP contribution is 2.36. The molecule has 0 amide bonds. The maximum atomic E-state index is 5.05. The highest BCUT2D eigenvalue weighted by atomic mass is 14.8. The van der Waals surface area contributed by atoms with E-state index in [0.717, 1.165) is 50.2 Å². The number of benzene rings is 2. The largest absolute Gasteiger partial charge is 0.254 e. The van der Waals surface area contributed by atoms with Gasteiger partial charge in [0.15, 0.2) is 0 Å². The third kappa shape index (κ3) is 3.15. The Hall–Kier alpha value is -3.92. The fourth-order valence-corrected chi connectivity index (χ4v) is 3.57. The van der Waals surface area contributed by atoms with Gasteiger partial charge in [0.25, 0.3) is 0 Å². The third-order valence-electron chi connectivity index (χ3n) is 4.97. The van der Waals surface area contributed by atoms with Gasteiger partial charge in [0, 0.05) is 23.2 Å². The molecule has 5 rings (SSSR count). The van der Waals surface area contributed by atoms with Crippen LogP contribution in [0.5, 0.6) is 0 Å². The Balaban J connectivity index is 1.75. The van der Waals surface area contributed by atoms with Gasteiger partial charge in [0.2, 0.25) is 0 Å². The van der Waals surface area contributed by atoms with Crippen molar-refractivity contribution in [3.8, 4) is 0 Å². The van der Waals surface area contributed by atoms with Crippen LogP contribution in [0.15, 0.2) is 101 Å². The molecule has 4 aromatic rings. The standard InChI is InChI=1S/C25H18N4/c1-17-19-11-7-15-26-24(19)25-20(12-8-16-27-25)23(17)29-22-14-6-5-13-21(22)28-18-9-3-2-4-10-18/h2-16H,1H3/b28-21+,29-22-. The second-order valence-corrected chi connectivity index (χ2v) is 6.82. The van der Waals surface area contributed by atoms with Gasteiger partial charge in [0.05, 0.1) is 33.8 Å². The second-order valence-electron chi connectivity index (χ2n) is 6.82. The van der Waals surface area contributed by atoms with E-state index in [9.17, 15) is 0 Å². The summed E-state index contributed by atoms with van der Waals surface area (Å²) < 4.78 is 0. The summed E-state index contributed by atoms with van der Waals surface area (Å²) >= 11 is 0. The van der Waals surface area contributed by atoms with Crippen molar-refractivity contribution in [2.24, 2.45) is 9.98 Å². The quantitative estimate of drug-likeness (QED) is 0.316. The average Bonchev–Trinajstić information content (AvgIpc) is 2.78. The number of hydrogen-bond donors (Lipinski definition) is 0. The molecule has 1 aliphatic rings. The first-order valence-electron chi connectivity index (χ1n) is 9.51. The highest BCUT2D eigenvalue weighted by Gasteiger charge is 2.14. The minimum Gasteiger partial charge on any atom is -0.254 e. The van der Waals surface area contributed by atoms with E-state index >= 15 is 0 Å². The normalized spacial score (nSPS) is 16.3. The molecule has 4 nitrogen and oxygen atoms in total. The number of pyridine rings is 2. The van der Waals surface area contributed by atoms with Crippen molar-refractivity contribution in [2.75, 3.05) is 0 Å². The van der Waals surface area contributed by atoms with E-state index in [1.807, 2.05) is 66.8 Å². The summed E-state index contributed by atoms with van der Waals surface area (Å²) in [7, 11) is 0. The fourth-order valence-electron chi connectivity index (χ4n) is 3.57. The van der Waals surface area contributed by atoms with Crippen molar-refractivity contribution in [2.45, 2.75) is 6.92 Å². The average molecular weight is 374 g/mol. The molecule has 0 radical (unpaired) electrons. The molecule has 0 aliphatic heterocycles. The van der Waals surface area contributed by atoms with Crippen LogP contribution in [0.2, 0.25) is 0 Å². The molecular formula is C25H18N4. The number of nitrogens with zero attached hydrogens (tertiary/aromatic N) is 4. The molecule has 0 saturated heterocycles. The van der Waals surface area contributed by atoms with Gasteiger partial charge < -0.3 is 0 Å². The number of hydrogen-bond acceptors (Lipinski definition) is 4. The van der Waals surface area contributed by atoms with Crippen molar-refractivity contribution >= 4 is 44.6 Å². The molecule has 0 fully saturated rings. The van der Waals surface area contributed by atoms with Crippen molar-refractivity contribution in [1.82, 2.24) is 9.97 Å². The zero-order valence-electron chi connectivity index (χ0n) is 15.9. The number of fused-ring (bicyclic) bond motifs is 3. The van der Waals surface area contributed by atoms with Gasteiger partial charge in [-0.25, -0.2) is 9.98 Å². The number of para-hydroxylation sites is 1. The van der Waals surface area contributed by atoms with E-state index in [0.29, 0.717) is 0 Å². The van der Waals surface area contributed by atoms with Crippen molar-refractivity contribution in [3.05, 3.63) is 96.9 Å². The summed E-state index contributed by atoms with van der Waals surface area (Å²) in [5, 5.41) is 2.06.